The summed E-state index contributed by atoms with van der Waals surface area (Å²) in [5.41, 5.74) is 14.7. The van der Waals surface area contributed by atoms with Crippen LogP contribution in [0.2, 0.25) is 13.1 Å². The molecule has 1 aliphatic rings. The Hall–Kier alpha value is -6.42. The third-order valence-electron chi connectivity index (χ3n) is 11.1. The fourth-order valence-corrected chi connectivity index (χ4v) is 11.5. The highest BCUT2D eigenvalue weighted by Crippen LogP contribution is 2.42. The fraction of sp³-hybridized carbons (Fsp3) is 0.0400. The van der Waals surface area contributed by atoms with E-state index in [1.807, 2.05) is 0 Å². The van der Waals surface area contributed by atoms with Gasteiger partial charge in [-0.2, -0.15) is 23.5 Å². The first-order valence-electron chi connectivity index (χ1n) is 18.4. The molecule has 0 saturated carbocycles. The van der Waals surface area contributed by atoms with Crippen molar-refractivity contribution in [1.82, 2.24) is 4.57 Å². The van der Waals surface area contributed by atoms with Crippen LogP contribution in [0, 0.1) is 0 Å². The van der Waals surface area contributed by atoms with Crippen molar-refractivity contribution in [3.63, 3.8) is 0 Å². The van der Waals surface area contributed by atoms with Crippen LogP contribution < -0.4 is 15.3 Å². The number of para-hydroxylation sites is 3. The number of nitrogens with zero attached hydrogens (tertiary/aromatic N) is 2. The molecule has 1 aromatic heterocycles. The van der Waals surface area contributed by atoms with Gasteiger partial charge >= 0.3 is 0 Å². The largest absolute Gasteiger partial charge is 0.316 e. The van der Waals surface area contributed by atoms with Crippen LogP contribution in [0.3, 0.4) is 0 Å². The minimum absolute atomic E-state index is 1.17. The lowest BCUT2D eigenvalue weighted by Crippen LogP contribution is -2.58. The first-order valence-corrected chi connectivity index (χ1v) is 21.4. The third-order valence-corrected chi connectivity index (χ3v) is 14.7. The molecule has 9 aromatic rings. The van der Waals surface area contributed by atoms with E-state index in [9.17, 15) is 0 Å². The van der Waals surface area contributed by atoms with Gasteiger partial charge in [0.2, 0.25) is 0 Å². The maximum Gasteiger partial charge on any atom is 0.0541 e. The van der Waals surface area contributed by atoms with Crippen molar-refractivity contribution in [3.8, 4) is 39.1 Å². The Morgan fingerprint density at radius 1 is 0.340 bits per heavy atom. The van der Waals surface area contributed by atoms with E-state index in [0.29, 0.717) is 0 Å². The summed E-state index contributed by atoms with van der Waals surface area (Å²) in [6.45, 7) is 5.02. The molecule has 2 nitrogen and oxygen atoms in total. The van der Waals surface area contributed by atoms with Gasteiger partial charge in [-0.25, -0.2) is 0 Å². The van der Waals surface area contributed by atoms with E-state index in [2.05, 4.69) is 217 Å². The number of anilines is 3. The summed E-state index contributed by atoms with van der Waals surface area (Å²) in [4.78, 5) is 2.48. The van der Waals surface area contributed by atoms with Crippen molar-refractivity contribution in [2.75, 3.05) is 4.90 Å². The van der Waals surface area contributed by atoms with E-state index in [1.54, 1.807) is 0 Å². The first kappa shape index (κ1) is 31.3. The van der Waals surface area contributed by atoms with E-state index in [0.717, 1.165) is 0 Å². The van der Waals surface area contributed by atoms with Crippen LogP contribution >= 0.6 is 0 Å². The van der Waals surface area contributed by atoms with E-state index >= 15 is 0 Å². The normalized spacial score (nSPS) is 13.2. The highest BCUT2D eigenvalue weighted by atomic mass is 28.3. The first-order chi connectivity index (χ1) is 26.0. The summed E-state index contributed by atoms with van der Waals surface area (Å²) in [6, 6.07) is 71.3. The number of benzene rings is 8. The molecule has 10 rings (SSSR count). The Kier molecular flexibility index (Phi) is 7.31. The van der Waals surface area contributed by atoms with Gasteiger partial charge in [0.1, 0.15) is 0 Å². The Morgan fingerprint density at radius 3 is 1.58 bits per heavy atom. The quantitative estimate of drug-likeness (QED) is 0.163. The van der Waals surface area contributed by atoms with Gasteiger partial charge < -0.3 is 9.47 Å². The van der Waals surface area contributed by atoms with E-state index < -0.39 is 8.07 Å². The van der Waals surface area contributed by atoms with Crippen LogP contribution in [-0.2, 0) is 0 Å². The topological polar surface area (TPSA) is 8.17 Å². The molecule has 0 amide bonds. The molecule has 0 saturated heterocycles. The lowest BCUT2D eigenvalue weighted by Gasteiger charge is -2.49. The van der Waals surface area contributed by atoms with Crippen molar-refractivity contribution in [2.45, 2.75) is 13.1 Å². The summed E-state index contributed by atoms with van der Waals surface area (Å²) in [5, 5.41) is 5.46. The SMILES string of the molecule is C[Si-]1(C)c2ccccc2N(c2ccccc2)c2cc3c4ccccc4n(-c4cccc(-c5cccc(-c6cccc(-c7ccccc7)c6)c5)c4)c3cc21. The smallest absolute Gasteiger partial charge is 0.0541 e. The van der Waals surface area contributed by atoms with Crippen molar-refractivity contribution < 1.29 is 0 Å². The zero-order valence-corrected chi connectivity index (χ0v) is 30.9. The molecule has 53 heavy (non-hydrogen) atoms. The van der Waals surface area contributed by atoms with Crippen molar-refractivity contribution in [1.29, 1.82) is 0 Å². The number of rotatable bonds is 5. The second-order valence-corrected chi connectivity index (χ2v) is 19.0. The van der Waals surface area contributed by atoms with Crippen LogP contribution in [0.1, 0.15) is 0 Å². The predicted octanol–water partition coefficient (Wildman–Crippen LogP) is 12.4. The van der Waals surface area contributed by atoms with E-state index in [4.69, 9.17) is 0 Å². The number of hydrogen-bond donors (Lipinski definition) is 0. The molecule has 0 atom stereocenters. The predicted molar refractivity (Wildman–Crippen MR) is 229 cm³/mol. The van der Waals surface area contributed by atoms with Crippen LogP contribution in [0.25, 0.3) is 60.9 Å². The lowest BCUT2D eigenvalue weighted by molar-refractivity contribution is 1.18. The van der Waals surface area contributed by atoms with Gasteiger partial charge in [-0.05, 0) is 88.0 Å². The molecule has 0 radical (unpaired) electrons. The average molecular weight is 695 g/mol. The standard InChI is InChI=1S/C50H38N2Si/c1-53(2)49-29-12-11-28-46(49)51(41-23-7-4-8-24-41)48-33-44-43-26-9-10-27-45(43)52(47(44)34-50(48)53)42-25-15-22-40(32-42)39-21-14-20-38(31-39)37-19-13-18-36(30-37)35-16-5-3-6-17-35/h3-34H,1-2H3/q-1. The molecule has 8 aromatic carbocycles. The van der Waals surface area contributed by atoms with Gasteiger partial charge in [0.05, 0.1) is 11.0 Å². The monoisotopic (exact) mass is 694 g/mol. The second-order valence-electron chi connectivity index (χ2n) is 14.6. The van der Waals surface area contributed by atoms with Crippen LogP contribution in [0.5, 0.6) is 0 Å². The Morgan fingerprint density at radius 2 is 0.868 bits per heavy atom. The van der Waals surface area contributed by atoms with Gasteiger partial charge in [-0.15, -0.1) is 0 Å². The summed E-state index contributed by atoms with van der Waals surface area (Å²) in [5.74, 6) is 0. The Labute approximate surface area is 311 Å². The number of aromatic nitrogens is 1. The highest BCUT2D eigenvalue weighted by molar-refractivity contribution is 7.02. The van der Waals surface area contributed by atoms with Crippen molar-refractivity contribution in [2.24, 2.45) is 0 Å². The molecule has 0 fully saturated rings. The number of fused-ring (bicyclic) bond motifs is 5. The zero-order valence-electron chi connectivity index (χ0n) is 29.9. The van der Waals surface area contributed by atoms with Crippen molar-refractivity contribution >= 4 is 57.3 Å². The molecule has 0 bridgehead atoms. The van der Waals surface area contributed by atoms with Gasteiger partial charge in [0, 0.05) is 33.5 Å². The molecule has 3 heteroatoms. The third kappa shape index (κ3) is 5.15. The summed E-state index contributed by atoms with van der Waals surface area (Å²) >= 11 is 0. The van der Waals surface area contributed by atoms with Gasteiger partial charge in [0.25, 0.3) is 0 Å². The van der Waals surface area contributed by atoms with Gasteiger partial charge in [-0.3, -0.25) is 0 Å². The molecule has 2 heterocycles. The molecular formula is C50H38N2Si-. The van der Waals surface area contributed by atoms with Crippen molar-refractivity contribution in [3.05, 3.63) is 194 Å². The van der Waals surface area contributed by atoms with E-state index in [-0.39, 0.29) is 0 Å². The molecule has 0 aliphatic carbocycles. The highest BCUT2D eigenvalue weighted by Gasteiger charge is 2.31. The second kappa shape index (κ2) is 12.4. The van der Waals surface area contributed by atoms with Gasteiger partial charge in [-0.1, -0.05) is 148 Å². The molecule has 0 spiro atoms. The fourth-order valence-electron chi connectivity index (χ4n) is 8.51. The maximum absolute atomic E-state index is 2.52. The minimum atomic E-state index is -2.08. The summed E-state index contributed by atoms with van der Waals surface area (Å²) < 4.78 is 2.49. The maximum atomic E-state index is 2.52. The van der Waals surface area contributed by atoms with E-state index in [1.165, 1.54) is 88.3 Å². The van der Waals surface area contributed by atoms with Crippen LogP contribution in [-0.4, -0.2) is 12.6 Å². The molecule has 0 N–H and O–H groups in total. The lowest BCUT2D eigenvalue weighted by atomic mass is 9.96. The summed E-state index contributed by atoms with van der Waals surface area (Å²) in [7, 11) is -2.08. The van der Waals surface area contributed by atoms with Gasteiger partial charge in [0.15, 0.2) is 0 Å². The Bertz CT molecular complexity index is 2810. The molecular weight excluding hydrogens is 657 g/mol. The van der Waals surface area contributed by atoms with Crippen LogP contribution in [0.15, 0.2) is 194 Å². The zero-order chi connectivity index (χ0) is 35.5. The molecule has 253 valence electrons. The molecule has 0 unspecified atom stereocenters. The summed E-state index contributed by atoms with van der Waals surface area (Å²) in [6.07, 6.45) is 0. The molecule has 1 aliphatic heterocycles. The number of hydrogen-bond acceptors (Lipinski definition) is 1. The minimum Gasteiger partial charge on any atom is -0.316 e. The average Bonchev–Trinajstić information content (AvgIpc) is 3.55. The van der Waals surface area contributed by atoms with Crippen LogP contribution in [0.4, 0.5) is 17.1 Å². The Balaban J connectivity index is 1.13.